The highest BCUT2D eigenvalue weighted by Crippen LogP contribution is 2.63. The third-order valence-corrected chi connectivity index (χ3v) is 14.0. The second kappa shape index (κ2) is 13.5. The molecule has 0 atom stereocenters. The van der Waals surface area contributed by atoms with E-state index in [4.69, 9.17) is 0 Å². The topological polar surface area (TPSA) is 3.24 Å². The van der Waals surface area contributed by atoms with Gasteiger partial charge in [-0.3, -0.25) is 0 Å². The van der Waals surface area contributed by atoms with Crippen molar-refractivity contribution in [3.05, 3.63) is 235 Å². The van der Waals surface area contributed by atoms with Gasteiger partial charge < -0.3 is 4.90 Å². The van der Waals surface area contributed by atoms with Gasteiger partial charge in [-0.25, -0.2) is 0 Å². The minimum absolute atomic E-state index is 0.441. The van der Waals surface area contributed by atoms with Crippen LogP contribution >= 0.6 is 23.5 Å². The van der Waals surface area contributed by atoms with Gasteiger partial charge in [0.2, 0.25) is 0 Å². The molecule has 11 rings (SSSR count). The lowest BCUT2D eigenvalue weighted by Gasteiger charge is -2.34. The fraction of sp³-hybridized carbons (Fsp3) is 0.0189. The Bertz CT molecular complexity index is 2880. The lowest BCUT2D eigenvalue weighted by Crippen LogP contribution is -2.28. The molecule has 2 aliphatic rings. The first-order valence-electron chi connectivity index (χ1n) is 19.1. The van der Waals surface area contributed by atoms with Crippen LogP contribution in [0.4, 0.5) is 17.1 Å². The van der Waals surface area contributed by atoms with Crippen molar-refractivity contribution in [1.82, 2.24) is 0 Å². The molecular weight excluding hydrogens is 715 g/mol. The molecule has 1 nitrogen and oxygen atoms in total. The minimum Gasteiger partial charge on any atom is -0.309 e. The van der Waals surface area contributed by atoms with E-state index in [1.807, 2.05) is 23.5 Å². The van der Waals surface area contributed by atoms with Gasteiger partial charge in [-0.05, 0) is 92.2 Å². The molecule has 9 aromatic rings. The van der Waals surface area contributed by atoms with Gasteiger partial charge in [0.15, 0.2) is 0 Å². The average molecular weight is 750 g/mol. The fourth-order valence-electron chi connectivity index (χ4n) is 8.95. The molecule has 0 aromatic heterocycles. The Morgan fingerprint density at radius 2 is 1.00 bits per heavy atom. The number of hydrogen-bond donors (Lipinski definition) is 0. The number of anilines is 3. The molecule has 0 bridgehead atoms. The van der Waals surface area contributed by atoms with Crippen LogP contribution in [0.5, 0.6) is 0 Å². The van der Waals surface area contributed by atoms with Gasteiger partial charge in [-0.1, -0.05) is 193 Å². The highest BCUT2D eigenvalue weighted by Gasteiger charge is 2.47. The second-order valence-corrected chi connectivity index (χ2v) is 16.5. The first kappa shape index (κ1) is 33.1. The minimum atomic E-state index is -0.441. The molecule has 0 N–H and O–H groups in total. The van der Waals surface area contributed by atoms with Crippen LogP contribution in [0, 0.1) is 0 Å². The zero-order valence-electron chi connectivity index (χ0n) is 30.5. The first-order valence-corrected chi connectivity index (χ1v) is 20.7. The Morgan fingerprint density at radius 3 is 1.79 bits per heavy atom. The van der Waals surface area contributed by atoms with E-state index in [0.29, 0.717) is 0 Å². The van der Waals surface area contributed by atoms with Gasteiger partial charge >= 0.3 is 0 Å². The van der Waals surface area contributed by atoms with E-state index in [1.165, 1.54) is 80.5 Å². The van der Waals surface area contributed by atoms with Gasteiger partial charge in [-0.2, -0.15) is 0 Å². The summed E-state index contributed by atoms with van der Waals surface area (Å²) in [4.78, 5) is 7.63. The van der Waals surface area contributed by atoms with Crippen molar-refractivity contribution in [3.8, 4) is 22.3 Å². The zero-order valence-corrected chi connectivity index (χ0v) is 32.1. The van der Waals surface area contributed by atoms with Crippen molar-refractivity contribution >= 4 is 51.4 Å². The van der Waals surface area contributed by atoms with E-state index >= 15 is 0 Å². The predicted molar refractivity (Wildman–Crippen MR) is 236 cm³/mol. The van der Waals surface area contributed by atoms with E-state index in [0.717, 1.165) is 11.4 Å². The quantitative estimate of drug-likeness (QED) is 0.167. The molecule has 9 aromatic carbocycles. The van der Waals surface area contributed by atoms with Crippen molar-refractivity contribution in [3.63, 3.8) is 0 Å². The van der Waals surface area contributed by atoms with E-state index in [1.54, 1.807) is 0 Å². The Balaban J connectivity index is 1.13. The monoisotopic (exact) mass is 749 g/mol. The third kappa shape index (κ3) is 5.19. The maximum Gasteiger partial charge on any atom is 0.0713 e. The largest absolute Gasteiger partial charge is 0.309 e. The van der Waals surface area contributed by atoms with E-state index in [-0.39, 0.29) is 0 Å². The Morgan fingerprint density at radius 1 is 0.375 bits per heavy atom. The molecule has 0 radical (unpaired) electrons. The first-order chi connectivity index (χ1) is 27.8. The SMILES string of the molecule is c1ccc(-c2cccc(N(c3ccc4ccccc4c3)c3cccc4c3Sc3c(ccc5c3-c3ccccc3C5(c3ccccc3)c3ccccc3)S4)c2)cc1. The lowest BCUT2D eigenvalue weighted by atomic mass is 9.68. The van der Waals surface area contributed by atoms with Crippen molar-refractivity contribution in [1.29, 1.82) is 0 Å². The summed E-state index contributed by atoms with van der Waals surface area (Å²) in [5, 5.41) is 2.46. The van der Waals surface area contributed by atoms with Gasteiger partial charge in [-0.15, -0.1) is 0 Å². The highest BCUT2D eigenvalue weighted by atomic mass is 32.2. The summed E-state index contributed by atoms with van der Waals surface area (Å²) in [6.07, 6.45) is 0. The molecule has 0 spiro atoms. The zero-order chi connectivity index (χ0) is 37.1. The number of nitrogens with zero attached hydrogens (tertiary/aromatic N) is 1. The Hall–Kier alpha value is -6.26. The molecule has 0 unspecified atom stereocenters. The van der Waals surface area contributed by atoms with Gasteiger partial charge in [0, 0.05) is 31.6 Å². The summed E-state index contributed by atoms with van der Waals surface area (Å²) in [7, 11) is 0. The molecule has 0 amide bonds. The lowest BCUT2D eigenvalue weighted by molar-refractivity contribution is 0.766. The van der Waals surface area contributed by atoms with E-state index in [9.17, 15) is 0 Å². The molecule has 0 fully saturated rings. The summed E-state index contributed by atoms with van der Waals surface area (Å²) >= 11 is 3.82. The summed E-state index contributed by atoms with van der Waals surface area (Å²) in [6, 6.07) is 78.1. The van der Waals surface area contributed by atoms with Crippen LogP contribution in [0.25, 0.3) is 33.0 Å². The molecule has 1 heterocycles. The van der Waals surface area contributed by atoms with Crippen LogP contribution in [0.15, 0.2) is 232 Å². The molecule has 264 valence electrons. The fourth-order valence-corrected chi connectivity index (χ4v) is 11.5. The van der Waals surface area contributed by atoms with Crippen LogP contribution < -0.4 is 4.90 Å². The number of benzene rings is 9. The molecule has 3 heteroatoms. The van der Waals surface area contributed by atoms with Crippen LogP contribution in [-0.4, -0.2) is 0 Å². The van der Waals surface area contributed by atoms with Crippen LogP contribution in [-0.2, 0) is 5.41 Å². The summed E-state index contributed by atoms with van der Waals surface area (Å²) < 4.78 is 0. The second-order valence-electron chi connectivity index (χ2n) is 14.4. The Kier molecular flexibility index (Phi) is 7.98. The van der Waals surface area contributed by atoms with Crippen molar-refractivity contribution in [2.45, 2.75) is 25.0 Å². The smallest absolute Gasteiger partial charge is 0.0713 e. The third-order valence-electron chi connectivity index (χ3n) is 11.4. The summed E-state index contributed by atoms with van der Waals surface area (Å²) in [6.45, 7) is 0. The average Bonchev–Trinajstić information content (AvgIpc) is 3.58. The van der Waals surface area contributed by atoms with Gasteiger partial charge in [0.05, 0.1) is 16.0 Å². The van der Waals surface area contributed by atoms with Crippen molar-refractivity contribution < 1.29 is 0 Å². The summed E-state index contributed by atoms with van der Waals surface area (Å²) in [5.74, 6) is 0. The molecule has 56 heavy (non-hydrogen) atoms. The van der Waals surface area contributed by atoms with Crippen molar-refractivity contribution in [2.24, 2.45) is 0 Å². The number of fused-ring (bicyclic) bond motifs is 7. The Labute approximate surface area is 336 Å². The van der Waals surface area contributed by atoms with Crippen LogP contribution in [0.1, 0.15) is 22.3 Å². The molecular formula is C53H35NS2. The van der Waals surface area contributed by atoms with Crippen LogP contribution in [0.2, 0.25) is 0 Å². The molecule has 0 saturated heterocycles. The maximum atomic E-state index is 2.46. The van der Waals surface area contributed by atoms with Crippen LogP contribution in [0.3, 0.4) is 0 Å². The van der Waals surface area contributed by atoms with Crippen molar-refractivity contribution in [2.75, 3.05) is 4.90 Å². The summed E-state index contributed by atoms with van der Waals surface area (Å²) in [5.41, 5.74) is 13.3. The number of hydrogen-bond acceptors (Lipinski definition) is 3. The molecule has 0 saturated carbocycles. The molecule has 1 aliphatic heterocycles. The van der Waals surface area contributed by atoms with E-state index < -0.39 is 5.41 Å². The standard InChI is InChI=1S/C53H35NS2/c1-4-16-36(17-5-1)39-20-14-25-42(34-39)54(43-31-30-37-18-10-11-19-38(37)35-43)47-28-15-29-48-51(47)56-52-49(55-48)33-32-46-50(52)44-26-12-13-27-45(44)53(46,40-21-6-2-7-22-40)41-23-8-3-9-24-41/h1-35H. The van der Waals surface area contributed by atoms with E-state index in [2.05, 4.69) is 217 Å². The molecule has 1 aliphatic carbocycles. The van der Waals surface area contributed by atoms with Gasteiger partial charge in [0.1, 0.15) is 0 Å². The maximum absolute atomic E-state index is 2.46. The number of rotatable bonds is 6. The normalized spacial score (nSPS) is 13.4. The highest BCUT2D eigenvalue weighted by molar-refractivity contribution is 8.05. The predicted octanol–water partition coefficient (Wildman–Crippen LogP) is 15.0. The van der Waals surface area contributed by atoms with Gasteiger partial charge in [0.25, 0.3) is 0 Å².